The SMILES string of the molecule is Cc1nc(C(=O)N2CCCc3ccccc32)c2ccccn12. The van der Waals surface area contributed by atoms with E-state index in [2.05, 4.69) is 11.1 Å². The van der Waals surface area contributed by atoms with Crippen molar-refractivity contribution >= 4 is 17.1 Å². The van der Waals surface area contributed by atoms with Crippen LogP contribution in [0.4, 0.5) is 5.69 Å². The van der Waals surface area contributed by atoms with Crippen LogP contribution in [0.25, 0.3) is 5.52 Å². The molecular weight excluding hydrogens is 274 g/mol. The van der Waals surface area contributed by atoms with Gasteiger partial charge in [-0.05, 0) is 43.5 Å². The van der Waals surface area contributed by atoms with Crippen molar-refractivity contribution in [3.63, 3.8) is 0 Å². The van der Waals surface area contributed by atoms with Gasteiger partial charge in [-0.2, -0.15) is 0 Å². The summed E-state index contributed by atoms with van der Waals surface area (Å²) in [5, 5.41) is 0. The molecule has 0 atom stereocenters. The van der Waals surface area contributed by atoms with Gasteiger partial charge in [-0.15, -0.1) is 0 Å². The molecule has 0 saturated carbocycles. The van der Waals surface area contributed by atoms with Crippen molar-refractivity contribution in [2.24, 2.45) is 0 Å². The van der Waals surface area contributed by atoms with E-state index >= 15 is 0 Å². The monoisotopic (exact) mass is 291 g/mol. The fourth-order valence-corrected chi connectivity index (χ4v) is 3.22. The molecule has 110 valence electrons. The number of amides is 1. The standard InChI is InChI=1S/C18H17N3O/c1-13-19-17(16-10-4-5-11-20(13)16)18(22)21-12-6-8-14-7-2-3-9-15(14)21/h2-5,7,9-11H,6,8,12H2,1H3. The van der Waals surface area contributed by atoms with Crippen molar-refractivity contribution in [3.05, 3.63) is 65.7 Å². The fraction of sp³-hybridized carbons (Fsp3) is 0.222. The first-order valence-electron chi connectivity index (χ1n) is 7.59. The molecule has 22 heavy (non-hydrogen) atoms. The maximum atomic E-state index is 13.0. The Kier molecular flexibility index (Phi) is 2.96. The predicted octanol–water partition coefficient (Wildman–Crippen LogP) is 3.24. The molecule has 0 fully saturated rings. The maximum absolute atomic E-state index is 13.0. The van der Waals surface area contributed by atoms with Gasteiger partial charge in [0.1, 0.15) is 5.82 Å². The topological polar surface area (TPSA) is 37.6 Å². The number of pyridine rings is 1. The van der Waals surface area contributed by atoms with E-state index in [9.17, 15) is 4.79 Å². The van der Waals surface area contributed by atoms with E-state index in [1.165, 1.54) is 5.56 Å². The number of aromatic nitrogens is 2. The second-order valence-corrected chi connectivity index (χ2v) is 5.65. The lowest BCUT2D eigenvalue weighted by atomic mass is 10.0. The van der Waals surface area contributed by atoms with E-state index in [4.69, 9.17) is 0 Å². The number of imidazole rings is 1. The molecule has 1 aliphatic heterocycles. The number of rotatable bonds is 1. The molecule has 0 N–H and O–H groups in total. The molecule has 4 heteroatoms. The largest absolute Gasteiger partial charge is 0.307 e. The molecule has 4 rings (SSSR count). The van der Waals surface area contributed by atoms with Crippen LogP contribution in [-0.2, 0) is 6.42 Å². The zero-order valence-electron chi connectivity index (χ0n) is 12.5. The number of para-hydroxylation sites is 1. The smallest absolute Gasteiger partial charge is 0.279 e. The highest BCUT2D eigenvalue weighted by molar-refractivity contribution is 6.09. The van der Waals surface area contributed by atoms with Gasteiger partial charge in [0.25, 0.3) is 5.91 Å². The van der Waals surface area contributed by atoms with E-state index in [0.29, 0.717) is 5.69 Å². The molecule has 2 aromatic heterocycles. The number of carbonyl (C=O) groups excluding carboxylic acids is 1. The number of fused-ring (bicyclic) bond motifs is 2. The highest BCUT2D eigenvalue weighted by Crippen LogP contribution is 2.28. The summed E-state index contributed by atoms with van der Waals surface area (Å²) in [4.78, 5) is 19.4. The minimum absolute atomic E-state index is 0.0102. The average Bonchev–Trinajstić information content (AvgIpc) is 2.91. The van der Waals surface area contributed by atoms with Crippen LogP contribution >= 0.6 is 0 Å². The Balaban J connectivity index is 1.82. The van der Waals surface area contributed by atoms with Crippen LogP contribution in [0.3, 0.4) is 0 Å². The fourth-order valence-electron chi connectivity index (χ4n) is 3.22. The van der Waals surface area contributed by atoms with Gasteiger partial charge in [0.2, 0.25) is 0 Å². The van der Waals surface area contributed by atoms with E-state index < -0.39 is 0 Å². The second-order valence-electron chi connectivity index (χ2n) is 5.65. The molecule has 0 aliphatic carbocycles. The highest BCUT2D eigenvalue weighted by Gasteiger charge is 2.26. The number of hydrogen-bond donors (Lipinski definition) is 0. The molecule has 4 nitrogen and oxygen atoms in total. The molecule has 3 heterocycles. The first-order chi connectivity index (χ1) is 10.8. The Hall–Kier alpha value is -2.62. The summed E-state index contributed by atoms with van der Waals surface area (Å²) in [6.45, 7) is 2.68. The molecule has 1 aliphatic rings. The molecule has 0 unspecified atom stereocenters. The molecule has 0 spiro atoms. The van der Waals surface area contributed by atoms with Crippen molar-refractivity contribution in [2.75, 3.05) is 11.4 Å². The van der Waals surface area contributed by atoms with Gasteiger partial charge >= 0.3 is 0 Å². The molecule has 1 aromatic carbocycles. The van der Waals surface area contributed by atoms with Crippen LogP contribution in [0.1, 0.15) is 28.3 Å². The Bertz CT molecular complexity index is 866. The third kappa shape index (κ3) is 1.91. The first kappa shape index (κ1) is 13.1. The van der Waals surface area contributed by atoms with Crippen molar-refractivity contribution in [1.82, 2.24) is 9.38 Å². The third-order valence-corrected chi connectivity index (χ3v) is 4.28. The Labute approximate surface area is 129 Å². The zero-order chi connectivity index (χ0) is 15.1. The quantitative estimate of drug-likeness (QED) is 0.690. The van der Waals surface area contributed by atoms with Crippen LogP contribution in [0, 0.1) is 6.92 Å². The van der Waals surface area contributed by atoms with E-state index in [-0.39, 0.29) is 5.91 Å². The van der Waals surface area contributed by atoms with Crippen LogP contribution in [0.5, 0.6) is 0 Å². The number of anilines is 1. The van der Waals surface area contributed by atoms with E-state index in [1.807, 2.05) is 58.8 Å². The molecular formula is C18H17N3O. The van der Waals surface area contributed by atoms with Crippen molar-refractivity contribution in [3.8, 4) is 0 Å². The lowest BCUT2D eigenvalue weighted by Crippen LogP contribution is -2.35. The Morgan fingerprint density at radius 3 is 2.86 bits per heavy atom. The normalized spacial score (nSPS) is 14.1. The average molecular weight is 291 g/mol. The summed E-state index contributed by atoms with van der Waals surface area (Å²) in [7, 11) is 0. The second kappa shape index (κ2) is 4.98. The van der Waals surface area contributed by atoms with Gasteiger partial charge in [0, 0.05) is 18.4 Å². The third-order valence-electron chi connectivity index (χ3n) is 4.28. The summed E-state index contributed by atoms with van der Waals surface area (Å²) in [5.41, 5.74) is 3.67. The number of hydrogen-bond acceptors (Lipinski definition) is 2. The van der Waals surface area contributed by atoms with E-state index in [1.54, 1.807) is 0 Å². The minimum Gasteiger partial charge on any atom is -0.307 e. The van der Waals surface area contributed by atoms with Gasteiger partial charge < -0.3 is 9.30 Å². The lowest BCUT2D eigenvalue weighted by Gasteiger charge is -2.28. The van der Waals surface area contributed by atoms with Gasteiger partial charge in [-0.3, -0.25) is 4.79 Å². The molecule has 0 radical (unpaired) electrons. The van der Waals surface area contributed by atoms with E-state index in [0.717, 1.165) is 36.4 Å². The number of nitrogens with zero attached hydrogens (tertiary/aromatic N) is 3. The van der Waals surface area contributed by atoms with Crippen LogP contribution in [0.2, 0.25) is 0 Å². The lowest BCUT2D eigenvalue weighted by molar-refractivity contribution is 0.0982. The van der Waals surface area contributed by atoms with Crippen molar-refractivity contribution in [2.45, 2.75) is 19.8 Å². The van der Waals surface area contributed by atoms with Gasteiger partial charge in [0.15, 0.2) is 5.69 Å². The van der Waals surface area contributed by atoms with Crippen molar-refractivity contribution < 1.29 is 4.79 Å². The Morgan fingerprint density at radius 2 is 1.95 bits per heavy atom. The predicted molar refractivity (Wildman–Crippen MR) is 86.4 cm³/mol. The summed E-state index contributed by atoms with van der Waals surface area (Å²) in [6, 6.07) is 14.0. The highest BCUT2D eigenvalue weighted by atomic mass is 16.2. The Morgan fingerprint density at radius 1 is 1.14 bits per heavy atom. The first-order valence-corrected chi connectivity index (χ1v) is 7.59. The number of carbonyl (C=O) groups is 1. The van der Waals surface area contributed by atoms with Gasteiger partial charge in [0.05, 0.1) is 5.52 Å². The zero-order valence-corrected chi connectivity index (χ0v) is 12.5. The summed E-state index contributed by atoms with van der Waals surface area (Å²) < 4.78 is 1.96. The van der Waals surface area contributed by atoms with Crippen LogP contribution in [-0.4, -0.2) is 21.8 Å². The summed E-state index contributed by atoms with van der Waals surface area (Å²) >= 11 is 0. The van der Waals surface area contributed by atoms with Crippen molar-refractivity contribution in [1.29, 1.82) is 0 Å². The number of benzene rings is 1. The molecule has 3 aromatic rings. The molecule has 0 bridgehead atoms. The summed E-state index contributed by atoms with van der Waals surface area (Å²) in [6.07, 6.45) is 3.97. The summed E-state index contributed by atoms with van der Waals surface area (Å²) in [5.74, 6) is 0.827. The van der Waals surface area contributed by atoms with Crippen LogP contribution in [0.15, 0.2) is 48.7 Å². The molecule has 1 amide bonds. The van der Waals surface area contributed by atoms with Crippen LogP contribution < -0.4 is 4.90 Å². The maximum Gasteiger partial charge on any atom is 0.279 e. The van der Waals surface area contributed by atoms with Gasteiger partial charge in [-0.1, -0.05) is 24.3 Å². The van der Waals surface area contributed by atoms with Gasteiger partial charge in [-0.25, -0.2) is 4.98 Å². The number of aryl methyl sites for hydroxylation is 2. The molecule has 0 saturated heterocycles. The minimum atomic E-state index is -0.0102.